The molecule has 0 aliphatic rings. The normalized spacial score (nSPS) is 10.8. The summed E-state index contributed by atoms with van der Waals surface area (Å²) in [4.78, 5) is 15.8. The Bertz CT molecular complexity index is 859. The Balaban J connectivity index is 2.38. The van der Waals surface area contributed by atoms with Gasteiger partial charge < -0.3 is 5.11 Å². The zero-order valence-corrected chi connectivity index (χ0v) is 11.3. The number of rotatable bonds is 2. The Hall–Kier alpha value is -2.75. The van der Waals surface area contributed by atoms with Gasteiger partial charge in [-0.1, -0.05) is 36.4 Å². The minimum Gasteiger partial charge on any atom is -0.478 e. The summed E-state index contributed by atoms with van der Waals surface area (Å²) in [6.07, 6.45) is 0. The van der Waals surface area contributed by atoms with Gasteiger partial charge in [0, 0.05) is 10.9 Å². The van der Waals surface area contributed by atoms with Crippen molar-refractivity contribution in [3.63, 3.8) is 0 Å². The molecule has 21 heavy (non-hydrogen) atoms. The Morgan fingerprint density at radius 2 is 1.90 bits per heavy atom. The molecular weight excluding hydrogens is 269 g/mol. The van der Waals surface area contributed by atoms with Gasteiger partial charge in [0.25, 0.3) is 0 Å². The number of aromatic nitrogens is 1. The summed E-state index contributed by atoms with van der Waals surface area (Å²) < 4.78 is 14.0. The van der Waals surface area contributed by atoms with Crippen LogP contribution >= 0.6 is 0 Å². The molecule has 0 aliphatic heterocycles. The van der Waals surface area contributed by atoms with Gasteiger partial charge in [-0.3, -0.25) is 0 Å². The highest BCUT2D eigenvalue weighted by atomic mass is 19.1. The van der Waals surface area contributed by atoms with Crippen molar-refractivity contribution in [1.29, 1.82) is 0 Å². The van der Waals surface area contributed by atoms with Gasteiger partial charge in [0.1, 0.15) is 11.3 Å². The third-order valence-electron chi connectivity index (χ3n) is 3.44. The largest absolute Gasteiger partial charge is 0.478 e. The third-order valence-corrected chi connectivity index (χ3v) is 3.44. The fourth-order valence-corrected chi connectivity index (χ4v) is 2.39. The molecular formula is C17H12FNO2. The lowest BCUT2D eigenvalue weighted by atomic mass is 10.0. The monoisotopic (exact) mass is 281 g/mol. The molecule has 1 heterocycles. The number of pyridine rings is 1. The molecule has 0 radical (unpaired) electrons. The number of carbonyl (C=O) groups is 1. The van der Waals surface area contributed by atoms with Gasteiger partial charge in [-0.25, -0.2) is 14.2 Å². The van der Waals surface area contributed by atoms with Crippen molar-refractivity contribution in [3.05, 3.63) is 65.5 Å². The zero-order valence-electron chi connectivity index (χ0n) is 11.3. The van der Waals surface area contributed by atoms with E-state index in [0.29, 0.717) is 11.1 Å². The lowest BCUT2D eigenvalue weighted by molar-refractivity contribution is 0.0699. The van der Waals surface area contributed by atoms with Crippen molar-refractivity contribution >= 4 is 16.9 Å². The van der Waals surface area contributed by atoms with Crippen LogP contribution < -0.4 is 0 Å². The molecule has 3 rings (SSSR count). The molecule has 2 aromatic carbocycles. The van der Waals surface area contributed by atoms with Crippen LogP contribution in [-0.4, -0.2) is 16.1 Å². The first-order valence-electron chi connectivity index (χ1n) is 6.46. The molecule has 0 atom stereocenters. The van der Waals surface area contributed by atoms with E-state index in [1.165, 1.54) is 18.2 Å². The zero-order chi connectivity index (χ0) is 15.0. The van der Waals surface area contributed by atoms with E-state index in [0.717, 1.165) is 11.1 Å². The second kappa shape index (κ2) is 4.98. The topological polar surface area (TPSA) is 50.2 Å². The number of carboxylic acid groups (broad SMARTS) is 1. The van der Waals surface area contributed by atoms with E-state index in [9.17, 15) is 14.3 Å². The average molecular weight is 281 g/mol. The van der Waals surface area contributed by atoms with Gasteiger partial charge >= 0.3 is 5.97 Å². The number of aryl methyl sites for hydroxylation is 1. The van der Waals surface area contributed by atoms with E-state index >= 15 is 0 Å². The molecule has 0 amide bonds. The number of aromatic carboxylic acids is 1. The number of benzene rings is 2. The number of hydrogen-bond donors (Lipinski definition) is 1. The lowest BCUT2D eigenvalue weighted by Crippen LogP contribution is -2.01. The maximum atomic E-state index is 14.0. The molecule has 0 fully saturated rings. The smallest absolute Gasteiger partial charge is 0.336 e. The summed E-state index contributed by atoms with van der Waals surface area (Å²) in [5.74, 6) is -1.62. The second-order valence-corrected chi connectivity index (χ2v) is 4.81. The van der Waals surface area contributed by atoms with E-state index < -0.39 is 11.8 Å². The van der Waals surface area contributed by atoms with E-state index in [4.69, 9.17) is 0 Å². The predicted octanol–water partition coefficient (Wildman–Crippen LogP) is 4.05. The summed E-state index contributed by atoms with van der Waals surface area (Å²) in [6, 6.07) is 13.3. The molecule has 0 saturated carbocycles. The molecule has 3 aromatic rings. The lowest BCUT2D eigenvalue weighted by Gasteiger charge is -2.09. The van der Waals surface area contributed by atoms with Gasteiger partial charge in [0.2, 0.25) is 0 Å². The summed E-state index contributed by atoms with van der Waals surface area (Å²) >= 11 is 0. The number of carboxylic acids is 1. The molecule has 4 heteroatoms. The first-order chi connectivity index (χ1) is 10.1. The molecule has 3 nitrogen and oxygen atoms in total. The predicted molar refractivity (Wildman–Crippen MR) is 78.8 cm³/mol. The standard InChI is InChI=1S/C17H12FNO2/c1-10-5-2-3-6-11(10)15-9-13(17(20)21)12-7-4-8-14(18)16(12)19-15/h2-9H,1H3,(H,20,21). The van der Waals surface area contributed by atoms with E-state index in [1.807, 2.05) is 31.2 Å². The fourth-order valence-electron chi connectivity index (χ4n) is 2.39. The molecule has 0 unspecified atom stereocenters. The molecule has 0 saturated heterocycles. The van der Waals surface area contributed by atoms with Crippen LogP contribution in [0.4, 0.5) is 4.39 Å². The summed E-state index contributed by atoms with van der Waals surface area (Å²) in [5, 5.41) is 9.67. The van der Waals surface area contributed by atoms with Crippen LogP contribution in [0.15, 0.2) is 48.5 Å². The Labute approximate surface area is 120 Å². The van der Waals surface area contributed by atoms with E-state index in [-0.39, 0.29) is 11.1 Å². The number of para-hydroxylation sites is 1. The first-order valence-corrected chi connectivity index (χ1v) is 6.46. The van der Waals surface area contributed by atoms with Crippen molar-refractivity contribution in [1.82, 2.24) is 4.98 Å². The second-order valence-electron chi connectivity index (χ2n) is 4.81. The van der Waals surface area contributed by atoms with Crippen molar-refractivity contribution in [2.24, 2.45) is 0 Å². The van der Waals surface area contributed by atoms with Crippen LogP contribution in [0.1, 0.15) is 15.9 Å². The number of fused-ring (bicyclic) bond motifs is 1. The maximum absolute atomic E-state index is 14.0. The van der Waals surface area contributed by atoms with Gasteiger partial charge in [0.15, 0.2) is 0 Å². The maximum Gasteiger partial charge on any atom is 0.336 e. The van der Waals surface area contributed by atoms with Crippen LogP contribution in [0.5, 0.6) is 0 Å². The van der Waals surface area contributed by atoms with E-state index in [2.05, 4.69) is 4.98 Å². The minimum atomic E-state index is -1.09. The Kier molecular flexibility index (Phi) is 3.14. The van der Waals surface area contributed by atoms with Gasteiger partial charge in [0.05, 0.1) is 11.3 Å². The van der Waals surface area contributed by atoms with Crippen molar-refractivity contribution in [2.45, 2.75) is 6.92 Å². The molecule has 0 spiro atoms. The van der Waals surface area contributed by atoms with Crippen molar-refractivity contribution < 1.29 is 14.3 Å². The van der Waals surface area contributed by atoms with Crippen molar-refractivity contribution in [2.75, 3.05) is 0 Å². The quantitative estimate of drug-likeness (QED) is 0.771. The van der Waals surface area contributed by atoms with Crippen LogP contribution in [0.3, 0.4) is 0 Å². The van der Waals surface area contributed by atoms with Crippen LogP contribution in [0, 0.1) is 12.7 Å². The summed E-state index contributed by atoms with van der Waals surface area (Å²) in [6.45, 7) is 1.91. The van der Waals surface area contributed by atoms with E-state index in [1.54, 1.807) is 6.07 Å². The van der Waals surface area contributed by atoms with Gasteiger partial charge in [-0.15, -0.1) is 0 Å². The number of halogens is 1. The molecule has 1 N–H and O–H groups in total. The fraction of sp³-hybridized carbons (Fsp3) is 0.0588. The highest BCUT2D eigenvalue weighted by molar-refractivity contribution is 6.03. The molecule has 0 aliphatic carbocycles. The number of nitrogens with zero attached hydrogens (tertiary/aromatic N) is 1. The minimum absolute atomic E-state index is 0.0535. The molecule has 104 valence electrons. The summed E-state index contributed by atoms with van der Waals surface area (Å²) in [7, 11) is 0. The van der Waals surface area contributed by atoms with Gasteiger partial charge in [-0.05, 0) is 24.6 Å². The Morgan fingerprint density at radius 3 is 2.62 bits per heavy atom. The SMILES string of the molecule is Cc1ccccc1-c1cc(C(=O)O)c2cccc(F)c2n1. The van der Waals surface area contributed by atoms with Crippen molar-refractivity contribution in [3.8, 4) is 11.3 Å². The summed E-state index contributed by atoms with van der Waals surface area (Å²) in [5.41, 5.74) is 2.35. The van der Waals surface area contributed by atoms with Gasteiger partial charge in [-0.2, -0.15) is 0 Å². The molecule has 0 bridgehead atoms. The first kappa shape index (κ1) is 13.2. The molecule has 1 aromatic heterocycles. The van der Waals surface area contributed by atoms with Crippen LogP contribution in [0.25, 0.3) is 22.2 Å². The highest BCUT2D eigenvalue weighted by Gasteiger charge is 2.15. The van der Waals surface area contributed by atoms with Crippen LogP contribution in [0.2, 0.25) is 0 Å². The van der Waals surface area contributed by atoms with Crippen LogP contribution in [-0.2, 0) is 0 Å². The average Bonchev–Trinajstić information content (AvgIpc) is 2.47. The number of hydrogen-bond acceptors (Lipinski definition) is 2. The third kappa shape index (κ3) is 2.25. The Morgan fingerprint density at radius 1 is 1.14 bits per heavy atom. The highest BCUT2D eigenvalue weighted by Crippen LogP contribution is 2.28.